The van der Waals surface area contributed by atoms with Gasteiger partial charge in [0.15, 0.2) is 5.71 Å². The Kier molecular flexibility index (Phi) is 1.18. The van der Waals surface area contributed by atoms with Crippen molar-refractivity contribution >= 4 is 11.7 Å². The van der Waals surface area contributed by atoms with Crippen LogP contribution in [0.2, 0.25) is 0 Å². The van der Waals surface area contributed by atoms with Crippen molar-refractivity contribution in [3.63, 3.8) is 0 Å². The van der Waals surface area contributed by atoms with Gasteiger partial charge in [-0.2, -0.15) is 0 Å². The van der Waals surface area contributed by atoms with Gasteiger partial charge < -0.3 is 5.11 Å². The summed E-state index contributed by atoms with van der Waals surface area (Å²) in [5.41, 5.74) is 0.701. The van der Waals surface area contributed by atoms with Gasteiger partial charge in [0, 0.05) is 11.8 Å². The molecule has 3 nitrogen and oxygen atoms in total. The van der Waals surface area contributed by atoms with Crippen LogP contribution in [0.1, 0.15) is 0 Å². The van der Waals surface area contributed by atoms with Crippen LogP contribution in [0.25, 0.3) is 0 Å². The van der Waals surface area contributed by atoms with E-state index in [9.17, 15) is 4.79 Å². The van der Waals surface area contributed by atoms with E-state index in [0.29, 0.717) is 5.57 Å². The molecule has 0 aromatic carbocycles. The number of carboxylic acid groups (broad SMARTS) is 1. The molecule has 1 aliphatic rings. The minimum atomic E-state index is -0.993. The summed E-state index contributed by atoms with van der Waals surface area (Å²) < 4.78 is 0. The van der Waals surface area contributed by atoms with Gasteiger partial charge in [0.2, 0.25) is 0 Å². The van der Waals surface area contributed by atoms with Crippen LogP contribution >= 0.6 is 0 Å². The molecule has 0 aromatic rings. The van der Waals surface area contributed by atoms with Gasteiger partial charge in [-0.15, -0.1) is 0 Å². The quantitative estimate of drug-likeness (QED) is 0.584. The topological polar surface area (TPSA) is 49.7 Å². The van der Waals surface area contributed by atoms with E-state index >= 15 is 0 Å². The smallest absolute Gasteiger partial charge is 0.355 e. The maximum absolute atomic E-state index is 10.1. The third-order valence-corrected chi connectivity index (χ3v) is 1.03. The Balaban J connectivity index is 2.69. The number of carboxylic acids is 1. The summed E-state index contributed by atoms with van der Waals surface area (Å²) >= 11 is 0. The Bertz CT molecular complexity index is 225. The molecule has 3 heteroatoms. The molecule has 1 aliphatic heterocycles. The molecule has 0 unspecified atom stereocenters. The highest BCUT2D eigenvalue weighted by Crippen LogP contribution is 2.09. The highest BCUT2D eigenvalue weighted by molar-refractivity contribution is 6.45. The van der Waals surface area contributed by atoms with Crippen molar-refractivity contribution in [2.45, 2.75) is 0 Å². The summed E-state index contributed by atoms with van der Waals surface area (Å²) in [6.07, 6.45) is 2.94. The van der Waals surface area contributed by atoms with Crippen LogP contribution in [-0.4, -0.2) is 16.8 Å². The molecule has 0 radical (unpaired) electrons. The molecular weight excluding hydrogens is 118 g/mol. The number of carbonyl (C=O) groups is 1. The lowest BCUT2D eigenvalue weighted by molar-refractivity contribution is -0.129. The first-order valence-electron chi connectivity index (χ1n) is 2.40. The number of hydrogen-bond acceptors (Lipinski definition) is 2. The summed E-state index contributed by atoms with van der Waals surface area (Å²) in [5, 5.41) is 8.32. The summed E-state index contributed by atoms with van der Waals surface area (Å²) in [5.74, 6) is -0.993. The zero-order chi connectivity index (χ0) is 6.85. The largest absolute Gasteiger partial charge is 0.476 e. The highest BCUT2D eigenvalue weighted by Gasteiger charge is 2.17. The zero-order valence-electron chi connectivity index (χ0n) is 4.66. The van der Waals surface area contributed by atoms with Crippen molar-refractivity contribution in [2.75, 3.05) is 0 Å². The van der Waals surface area contributed by atoms with E-state index in [2.05, 4.69) is 11.6 Å². The first kappa shape index (κ1) is 5.75. The Morgan fingerprint density at radius 3 is 2.67 bits per heavy atom. The van der Waals surface area contributed by atoms with E-state index in [0.717, 1.165) is 0 Å². The molecular formula is C6H5NO2. The van der Waals surface area contributed by atoms with Crippen LogP contribution in [0.5, 0.6) is 0 Å². The molecule has 0 aliphatic carbocycles. The maximum Gasteiger partial charge on any atom is 0.355 e. The molecule has 0 saturated carbocycles. The molecule has 1 heterocycles. The monoisotopic (exact) mass is 123 g/mol. The van der Waals surface area contributed by atoms with Crippen molar-refractivity contribution in [3.8, 4) is 0 Å². The molecule has 0 atom stereocenters. The molecule has 0 aromatic heterocycles. The van der Waals surface area contributed by atoms with Gasteiger partial charge in [-0.05, 0) is 0 Å². The van der Waals surface area contributed by atoms with Crippen molar-refractivity contribution in [3.05, 3.63) is 24.4 Å². The summed E-state index contributed by atoms with van der Waals surface area (Å²) in [4.78, 5) is 13.6. The second kappa shape index (κ2) is 1.85. The predicted molar refractivity (Wildman–Crippen MR) is 33.4 cm³/mol. The van der Waals surface area contributed by atoms with Crippen LogP contribution in [-0.2, 0) is 4.79 Å². The lowest BCUT2D eigenvalue weighted by atomic mass is 10.1. The van der Waals surface area contributed by atoms with E-state index in [1.165, 1.54) is 12.3 Å². The Labute approximate surface area is 52.0 Å². The van der Waals surface area contributed by atoms with E-state index in [4.69, 9.17) is 5.11 Å². The fourth-order valence-corrected chi connectivity index (χ4v) is 0.532. The number of aliphatic carboxylic acids is 1. The average molecular weight is 123 g/mol. The third kappa shape index (κ3) is 0.762. The minimum Gasteiger partial charge on any atom is -0.476 e. The minimum absolute atomic E-state index is 0.102. The van der Waals surface area contributed by atoms with Gasteiger partial charge >= 0.3 is 5.97 Å². The van der Waals surface area contributed by atoms with E-state index < -0.39 is 5.97 Å². The lowest BCUT2D eigenvalue weighted by Crippen LogP contribution is -2.18. The first-order valence-corrected chi connectivity index (χ1v) is 2.40. The molecule has 0 amide bonds. The maximum atomic E-state index is 10.1. The molecule has 0 fully saturated rings. The van der Waals surface area contributed by atoms with Crippen LogP contribution in [0.3, 0.4) is 0 Å². The number of rotatable bonds is 2. The standard InChI is InChI=1S/C6H5NO2/c1-2-4-3-7-5(4)6(8)9/h2-3H,1H2,(H,8,9). The van der Waals surface area contributed by atoms with Crippen LogP contribution in [0.15, 0.2) is 29.4 Å². The average Bonchev–Trinajstić information content (AvgIpc) is 1.61. The van der Waals surface area contributed by atoms with E-state index in [1.807, 2.05) is 0 Å². The van der Waals surface area contributed by atoms with Crippen molar-refractivity contribution < 1.29 is 9.90 Å². The van der Waals surface area contributed by atoms with E-state index in [1.54, 1.807) is 0 Å². The van der Waals surface area contributed by atoms with Crippen LogP contribution in [0, 0.1) is 0 Å². The van der Waals surface area contributed by atoms with Gasteiger partial charge in [-0.1, -0.05) is 12.7 Å². The van der Waals surface area contributed by atoms with Gasteiger partial charge in [-0.25, -0.2) is 9.79 Å². The van der Waals surface area contributed by atoms with Crippen LogP contribution < -0.4 is 0 Å². The second-order valence-electron chi connectivity index (χ2n) is 1.57. The molecule has 9 heavy (non-hydrogen) atoms. The number of hydrogen-bond donors (Lipinski definition) is 1. The fraction of sp³-hybridized carbons (Fsp3) is 0. The molecule has 46 valence electrons. The summed E-state index contributed by atoms with van der Waals surface area (Å²) in [7, 11) is 0. The predicted octanol–water partition coefficient (Wildman–Crippen LogP) is 0.595. The number of aliphatic imine (C=N–C) groups is 1. The number of allylic oxidation sites excluding steroid dienone is 1. The summed E-state index contributed by atoms with van der Waals surface area (Å²) in [6.45, 7) is 3.40. The second-order valence-corrected chi connectivity index (χ2v) is 1.57. The SMILES string of the molecule is C=CC1=CN=C1C(=O)O. The van der Waals surface area contributed by atoms with Gasteiger partial charge in [-0.3, -0.25) is 0 Å². The third-order valence-electron chi connectivity index (χ3n) is 1.03. The molecule has 1 N–H and O–H groups in total. The molecule has 0 saturated heterocycles. The highest BCUT2D eigenvalue weighted by atomic mass is 16.4. The summed E-state index contributed by atoms with van der Waals surface area (Å²) in [6, 6.07) is 0. The van der Waals surface area contributed by atoms with Gasteiger partial charge in [0.05, 0.1) is 0 Å². The van der Waals surface area contributed by atoms with Crippen LogP contribution in [0.4, 0.5) is 0 Å². The zero-order valence-corrected chi connectivity index (χ0v) is 4.66. The normalized spacial score (nSPS) is 15.1. The molecule has 0 bridgehead atoms. The van der Waals surface area contributed by atoms with Crippen molar-refractivity contribution in [1.82, 2.24) is 0 Å². The van der Waals surface area contributed by atoms with Crippen molar-refractivity contribution in [1.29, 1.82) is 0 Å². The Morgan fingerprint density at radius 2 is 2.56 bits per heavy atom. The fourth-order valence-electron chi connectivity index (χ4n) is 0.532. The van der Waals surface area contributed by atoms with Gasteiger partial charge in [0.25, 0.3) is 0 Å². The first-order chi connectivity index (χ1) is 4.25. The van der Waals surface area contributed by atoms with Gasteiger partial charge in [0.1, 0.15) is 0 Å². The molecule has 0 spiro atoms. The Morgan fingerprint density at radius 1 is 1.89 bits per heavy atom. The van der Waals surface area contributed by atoms with E-state index in [-0.39, 0.29) is 5.71 Å². The lowest BCUT2D eigenvalue weighted by Gasteiger charge is -2.06. The van der Waals surface area contributed by atoms with Crippen molar-refractivity contribution in [2.24, 2.45) is 4.99 Å². The number of nitrogens with zero attached hydrogens (tertiary/aromatic N) is 1. The Hall–Kier alpha value is -1.38. The molecule has 1 rings (SSSR count).